The molecular weight excluding hydrogens is 382 g/mol. The van der Waals surface area contributed by atoms with E-state index in [9.17, 15) is 14.4 Å². The van der Waals surface area contributed by atoms with Crippen molar-refractivity contribution < 1.29 is 18.8 Å². The topological polar surface area (TPSA) is 92.5 Å². The molecule has 30 heavy (non-hydrogen) atoms. The second kappa shape index (κ2) is 7.09. The molecule has 0 spiro atoms. The van der Waals surface area contributed by atoms with Crippen LogP contribution in [-0.4, -0.2) is 34.2 Å². The predicted octanol–water partition coefficient (Wildman–Crippen LogP) is 4.06. The van der Waals surface area contributed by atoms with E-state index < -0.39 is 0 Å². The summed E-state index contributed by atoms with van der Waals surface area (Å²) in [5, 5.41) is 2.80. The van der Waals surface area contributed by atoms with E-state index in [0.717, 1.165) is 10.5 Å². The van der Waals surface area contributed by atoms with Crippen LogP contribution >= 0.6 is 0 Å². The first-order chi connectivity index (χ1) is 14.1. The second-order valence-electron chi connectivity index (χ2n) is 8.56. The molecular formula is C23H23N3O4. The molecule has 1 aliphatic rings. The molecule has 1 aliphatic heterocycles. The minimum atomic E-state index is -0.360. The van der Waals surface area contributed by atoms with E-state index in [1.54, 1.807) is 36.4 Å². The van der Waals surface area contributed by atoms with Crippen LogP contribution in [0.5, 0.6) is 0 Å². The van der Waals surface area contributed by atoms with Crippen LogP contribution in [-0.2, 0) is 10.2 Å². The Bertz CT molecular complexity index is 1190. The summed E-state index contributed by atoms with van der Waals surface area (Å²) in [7, 11) is 0. The number of carbonyl (C=O) groups excluding carboxylic acids is 3. The predicted molar refractivity (Wildman–Crippen MR) is 113 cm³/mol. The summed E-state index contributed by atoms with van der Waals surface area (Å²) in [5.74, 6) is -0.379. The Hall–Kier alpha value is -3.48. The molecule has 0 saturated heterocycles. The van der Waals surface area contributed by atoms with Gasteiger partial charge in [0.2, 0.25) is 11.8 Å². The van der Waals surface area contributed by atoms with Crippen molar-refractivity contribution in [2.75, 3.05) is 11.9 Å². The molecule has 4 rings (SSSR count). The third kappa shape index (κ3) is 3.58. The fourth-order valence-corrected chi connectivity index (χ4v) is 3.37. The molecule has 0 atom stereocenters. The van der Waals surface area contributed by atoms with Crippen molar-refractivity contribution in [1.29, 1.82) is 0 Å². The van der Waals surface area contributed by atoms with E-state index in [-0.39, 0.29) is 36.1 Å². The molecule has 7 nitrogen and oxygen atoms in total. The van der Waals surface area contributed by atoms with Gasteiger partial charge in [-0.2, -0.15) is 0 Å². The van der Waals surface area contributed by atoms with Crippen LogP contribution in [0, 0.1) is 6.92 Å². The molecule has 1 aromatic heterocycles. The number of aromatic nitrogens is 1. The highest BCUT2D eigenvalue weighted by Crippen LogP contribution is 2.28. The SMILES string of the molecule is Cc1ccc2c(c1)C(=O)N(CCC(=O)Nc1ccc3oc(C(C)(C)C)nc3c1)C2=O. The summed E-state index contributed by atoms with van der Waals surface area (Å²) >= 11 is 0. The number of amides is 3. The largest absolute Gasteiger partial charge is 0.440 e. The third-order valence-electron chi connectivity index (χ3n) is 5.00. The van der Waals surface area contributed by atoms with Crippen LogP contribution in [0.4, 0.5) is 5.69 Å². The van der Waals surface area contributed by atoms with Crippen LogP contribution in [0.3, 0.4) is 0 Å². The normalized spacial score (nSPS) is 13.8. The van der Waals surface area contributed by atoms with E-state index in [0.29, 0.717) is 33.8 Å². The van der Waals surface area contributed by atoms with Crippen LogP contribution < -0.4 is 5.32 Å². The number of hydrogen-bond donors (Lipinski definition) is 1. The van der Waals surface area contributed by atoms with Gasteiger partial charge in [0, 0.05) is 24.1 Å². The lowest BCUT2D eigenvalue weighted by Crippen LogP contribution is -2.32. The molecule has 1 N–H and O–H groups in total. The fourth-order valence-electron chi connectivity index (χ4n) is 3.37. The summed E-state index contributed by atoms with van der Waals surface area (Å²) in [4.78, 5) is 43.0. The smallest absolute Gasteiger partial charge is 0.261 e. The van der Waals surface area contributed by atoms with E-state index in [2.05, 4.69) is 10.3 Å². The van der Waals surface area contributed by atoms with Gasteiger partial charge in [-0.3, -0.25) is 19.3 Å². The second-order valence-corrected chi connectivity index (χ2v) is 8.56. The van der Waals surface area contributed by atoms with Crippen molar-refractivity contribution in [1.82, 2.24) is 9.88 Å². The number of nitrogens with one attached hydrogen (secondary N) is 1. The maximum Gasteiger partial charge on any atom is 0.261 e. The van der Waals surface area contributed by atoms with Crippen LogP contribution in [0.2, 0.25) is 0 Å². The highest BCUT2D eigenvalue weighted by atomic mass is 16.3. The molecule has 0 saturated carbocycles. The molecule has 7 heteroatoms. The first-order valence-corrected chi connectivity index (χ1v) is 9.81. The maximum atomic E-state index is 12.5. The highest BCUT2D eigenvalue weighted by molar-refractivity contribution is 6.21. The first-order valence-electron chi connectivity index (χ1n) is 9.81. The molecule has 3 aromatic rings. The number of rotatable bonds is 4. The average Bonchev–Trinajstić information content (AvgIpc) is 3.20. The van der Waals surface area contributed by atoms with Gasteiger partial charge in [-0.25, -0.2) is 4.98 Å². The van der Waals surface area contributed by atoms with Gasteiger partial charge in [0.05, 0.1) is 11.1 Å². The van der Waals surface area contributed by atoms with Crippen LogP contribution in [0.1, 0.15) is 59.4 Å². The zero-order valence-electron chi connectivity index (χ0n) is 17.4. The summed E-state index contributed by atoms with van der Waals surface area (Å²) < 4.78 is 5.76. The van der Waals surface area contributed by atoms with Gasteiger partial charge < -0.3 is 9.73 Å². The number of aryl methyl sites for hydroxylation is 1. The number of benzene rings is 2. The summed E-state index contributed by atoms with van der Waals surface area (Å²) in [6.07, 6.45) is 0.00848. The zero-order chi connectivity index (χ0) is 21.6. The minimum absolute atomic E-state index is 0.00848. The van der Waals surface area contributed by atoms with Crippen LogP contribution in [0.25, 0.3) is 11.1 Å². The lowest BCUT2D eigenvalue weighted by Gasteiger charge is -2.13. The Morgan fingerprint density at radius 2 is 1.80 bits per heavy atom. The molecule has 0 radical (unpaired) electrons. The summed E-state index contributed by atoms with van der Waals surface area (Å²) in [5.41, 5.74) is 3.37. The van der Waals surface area contributed by atoms with Gasteiger partial charge >= 0.3 is 0 Å². The standard InChI is InChI=1S/C23H23N3O4/c1-13-5-7-15-16(11-13)21(29)26(20(15)28)10-9-19(27)24-14-6-8-18-17(12-14)25-22(30-18)23(2,3)4/h5-8,11-12H,9-10H2,1-4H3,(H,24,27). The van der Waals surface area contributed by atoms with Gasteiger partial charge in [-0.05, 0) is 37.3 Å². The minimum Gasteiger partial charge on any atom is -0.440 e. The molecule has 0 aliphatic carbocycles. The van der Waals surface area contributed by atoms with Crippen molar-refractivity contribution in [3.05, 3.63) is 59.0 Å². The van der Waals surface area contributed by atoms with Crippen molar-refractivity contribution in [2.24, 2.45) is 0 Å². The van der Waals surface area contributed by atoms with Crippen molar-refractivity contribution in [3.8, 4) is 0 Å². The number of imide groups is 1. The van der Waals surface area contributed by atoms with Crippen molar-refractivity contribution in [3.63, 3.8) is 0 Å². The quantitative estimate of drug-likeness (QED) is 0.661. The molecule has 2 heterocycles. The van der Waals surface area contributed by atoms with Gasteiger partial charge in [0.25, 0.3) is 11.8 Å². The Morgan fingerprint density at radius 1 is 1.07 bits per heavy atom. The molecule has 2 aromatic carbocycles. The molecule has 0 bridgehead atoms. The maximum absolute atomic E-state index is 12.5. The summed E-state index contributed by atoms with van der Waals surface area (Å²) in [6.45, 7) is 7.94. The number of anilines is 1. The van der Waals surface area contributed by atoms with Crippen molar-refractivity contribution in [2.45, 2.75) is 39.5 Å². The number of nitrogens with zero attached hydrogens (tertiary/aromatic N) is 2. The lowest BCUT2D eigenvalue weighted by molar-refractivity contribution is -0.116. The van der Waals surface area contributed by atoms with Gasteiger partial charge in [0.1, 0.15) is 5.52 Å². The first kappa shape index (κ1) is 19.8. The highest BCUT2D eigenvalue weighted by Gasteiger charge is 2.35. The molecule has 154 valence electrons. The Kier molecular flexibility index (Phi) is 4.68. The van der Waals surface area contributed by atoms with E-state index in [1.165, 1.54) is 0 Å². The molecule has 3 amide bonds. The summed E-state index contributed by atoms with van der Waals surface area (Å²) in [6, 6.07) is 10.4. The number of oxazole rings is 1. The Labute approximate surface area is 174 Å². The number of fused-ring (bicyclic) bond motifs is 2. The molecule has 0 fully saturated rings. The zero-order valence-corrected chi connectivity index (χ0v) is 17.4. The number of hydrogen-bond acceptors (Lipinski definition) is 5. The lowest BCUT2D eigenvalue weighted by atomic mass is 9.97. The molecule has 0 unspecified atom stereocenters. The average molecular weight is 405 g/mol. The third-order valence-corrected chi connectivity index (χ3v) is 5.00. The van der Waals surface area contributed by atoms with Gasteiger partial charge in [-0.15, -0.1) is 0 Å². The van der Waals surface area contributed by atoms with E-state index in [4.69, 9.17) is 4.42 Å². The Morgan fingerprint density at radius 3 is 2.53 bits per heavy atom. The van der Waals surface area contributed by atoms with Crippen molar-refractivity contribution >= 4 is 34.5 Å². The number of carbonyl (C=O) groups is 3. The monoisotopic (exact) mass is 405 g/mol. The van der Waals surface area contributed by atoms with Crippen LogP contribution in [0.15, 0.2) is 40.8 Å². The van der Waals surface area contributed by atoms with E-state index in [1.807, 2.05) is 27.7 Å². The van der Waals surface area contributed by atoms with Gasteiger partial charge in [0.15, 0.2) is 5.58 Å². The van der Waals surface area contributed by atoms with Gasteiger partial charge in [-0.1, -0.05) is 32.4 Å². The van der Waals surface area contributed by atoms with E-state index >= 15 is 0 Å². The fraction of sp³-hybridized carbons (Fsp3) is 0.304. The Balaban J connectivity index is 1.42.